The van der Waals surface area contributed by atoms with E-state index in [0.717, 1.165) is 6.07 Å². The quantitative estimate of drug-likeness (QED) is 0.774. The normalized spacial score (nSPS) is 13.6. The minimum Gasteiger partial charge on any atom is -0.478 e. The lowest BCUT2D eigenvalue weighted by molar-refractivity contribution is -0.149. The Bertz CT molecular complexity index is 416. The number of carboxylic acid groups (broad SMARTS) is 1. The molecule has 0 amide bonds. The van der Waals surface area contributed by atoms with Crippen molar-refractivity contribution in [1.29, 1.82) is 0 Å². The van der Waals surface area contributed by atoms with E-state index in [0.29, 0.717) is 12.1 Å². The van der Waals surface area contributed by atoms with E-state index in [1.807, 2.05) is 0 Å². The van der Waals surface area contributed by atoms with E-state index in [9.17, 15) is 22.4 Å². The Balaban J connectivity index is 3.18. The molecule has 0 heterocycles. The van der Waals surface area contributed by atoms with Crippen molar-refractivity contribution in [3.05, 3.63) is 35.1 Å². The summed E-state index contributed by atoms with van der Waals surface area (Å²) in [5.74, 6) is -2.75. The first-order chi connectivity index (χ1) is 7.23. The number of carbonyl (C=O) groups is 1. The zero-order valence-electron chi connectivity index (χ0n) is 7.75. The third-order valence-electron chi connectivity index (χ3n) is 1.93. The second kappa shape index (κ2) is 4.09. The summed E-state index contributed by atoms with van der Waals surface area (Å²) in [6.07, 6.45) is -4.70. The van der Waals surface area contributed by atoms with Gasteiger partial charge >= 0.3 is 12.1 Å². The molecule has 0 unspecified atom stereocenters. The second-order valence-electron chi connectivity index (χ2n) is 3.06. The molecule has 0 saturated carbocycles. The highest BCUT2D eigenvalue weighted by atomic mass is 19.4. The summed E-state index contributed by atoms with van der Waals surface area (Å²) in [5, 5.41) is 8.51. The number of rotatable bonds is 2. The van der Waals surface area contributed by atoms with Crippen LogP contribution in [-0.2, 0) is 0 Å². The van der Waals surface area contributed by atoms with Crippen LogP contribution in [0.2, 0.25) is 0 Å². The average molecular weight is 237 g/mol. The first-order valence-electron chi connectivity index (χ1n) is 4.08. The summed E-state index contributed by atoms with van der Waals surface area (Å²) < 4.78 is 49.5. The van der Waals surface area contributed by atoms with Crippen molar-refractivity contribution in [3.63, 3.8) is 0 Å². The van der Waals surface area contributed by atoms with Crippen LogP contribution in [0.4, 0.5) is 17.6 Å². The topological polar surface area (TPSA) is 63.3 Å². The van der Waals surface area contributed by atoms with E-state index >= 15 is 0 Å². The number of carboxylic acids is 1. The van der Waals surface area contributed by atoms with E-state index in [4.69, 9.17) is 10.8 Å². The van der Waals surface area contributed by atoms with Crippen LogP contribution in [0.15, 0.2) is 18.2 Å². The Kier molecular flexibility index (Phi) is 3.18. The van der Waals surface area contributed by atoms with E-state index in [1.165, 1.54) is 0 Å². The molecule has 0 aliphatic heterocycles. The number of nitrogens with two attached hydrogens (primary N) is 1. The van der Waals surface area contributed by atoms with Crippen molar-refractivity contribution in [2.24, 2.45) is 5.73 Å². The monoisotopic (exact) mass is 237 g/mol. The van der Waals surface area contributed by atoms with Crippen molar-refractivity contribution in [3.8, 4) is 0 Å². The van der Waals surface area contributed by atoms with Gasteiger partial charge in [-0.15, -0.1) is 0 Å². The molecule has 88 valence electrons. The molecule has 16 heavy (non-hydrogen) atoms. The number of hydrogen-bond acceptors (Lipinski definition) is 2. The molecule has 0 fully saturated rings. The molecule has 0 saturated heterocycles. The largest absolute Gasteiger partial charge is 0.478 e. The number of alkyl halides is 3. The van der Waals surface area contributed by atoms with Gasteiger partial charge in [0.15, 0.2) is 0 Å². The predicted octanol–water partition coefficient (Wildman–Crippen LogP) is 2.09. The van der Waals surface area contributed by atoms with E-state index in [2.05, 4.69) is 0 Å². The van der Waals surface area contributed by atoms with Crippen molar-refractivity contribution >= 4 is 5.97 Å². The minimum atomic E-state index is -4.70. The van der Waals surface area contributed by atoms with Crippen molar-refractivity contribution in [2.75, 3.05) is 0 Å². The Morgan fingerprint density at radius 3 is 2.38 bits per heavy atom. The fraction of sp³-hybridized carbons (Fsp3) is 0.222. The van der Waals surface area contributed by atoms with Gasteiger partial charge in [-0.25, -0.2) is 9.18 Å². The van der Waals surface area contributed by atoms with Crippen LogP contribution in [0, 0.1) is 5.82 Å². The van der Waals surface area contributed by atoms with Gasteiger partial charge in [0.1, 0.15) is 11.9 Å². The molecule has 0 aliphatic carbocycles. The van der Waals surface area contributed by atoms with Crippen molar-refractivity contribution in [2.45, 2.75) is 12.2 Å². The van der Waals surface area contributed by atoms with Crippen LogP contribution in [-0.4, -0.2) is 17.3 Å². The number of aromatic carboxylic acids is 1. The van der Waals surface area contributed by atoms with Gasteiger partial charge in [-0.05, 0) is 17.7 Å². The molecule has 1 aromatic rings. The van der Waals surface area contributed by atoms with Gasteiger partial charge in [-0.1, -0.05) is 6.07 Å². The molecular weight excluding hydrogens is 230 g/mol. The molecule has 1 atom stereocenters. The fourth-order valence-electron chi connectivity index (χ4n) is 1.09. The summed E-state index contributed by atoms with van der Waals surface area (Å²) >= 11 is 0. The number of hydrogen-bond donors (Lipinski definition) is 2. The smallest absolute Gasteiger partial charge is 0.407 e. The van der Waals surface area contributed by atoms with Gasteiger partial charge in [0.2, 0.25) is 0 Å². The Hall–Kier alpha value is -1.63. The summed E-state index contributed by atoms with van der Waals surface area (Å²) in [5.41, 5.74) is 3.52. The third-order valence-corrected chi connectivity index (χ3v) is 1.93. The van der Waals surface area contributed by atoms with Crippen LogP contribution in [0.3, 0.4) is 0 Å². The molecule has 0 radical (unpaired) electrons. The van der Waals surface area contributed by atoms with Gasteiger partial charge in [0, 0.05) is 0 Å². The molecule has 1 aromatic carbocycles. The maximum atomic E-state index is 12.9. The fourth-order valence-corrected chi connectivity index (χ4v) is 1.09. The van der Waals surface area contributed by atoms with Crippen LogP contribution in [0.25, 0.3) is 0 Å². The summed E-state index contributed by atoms with van der Waals surface area (Å²) in [4.78, 5) is 10.5. The van der Waals surface area contributed by atoms with Gasteiger partial charge in [0.25, 0.3) is 0 Å². The third kappa shape index (κ3) is 2.48. The van der Waals surface area contributed by atoms with E-state index in [-0.39, 0.29) is 0 Å². The lowest BCUT2D eigenvalue weighted by Gasteiger charge is -2.16. The van der Waals surface area contributed by atoms with Gasteiger partial charge < -0.3 is 10.8 Å². The molecule has 0 spiro atoms. The molecule has 3 nitrogen and oxygen atoms in total. The number of benzene rings is 1. The molecule has 3 N–H and O–H groups in total. The van der Waals surface area contributed by atoms with Crippen LogP contribution >= 0.6 is 0 Å². The van der Waals surface area contributed by atoms with Crippen molar-refractivity contribution in [1.82, 2.24) is 0 Å². The molecule has 0 bridgehead atoms. The average Bonchev–Trinajstić information content (AvgIpc) is 2.15. The maximum absolute atomic E-state index is 12.9. The van der Waals surface area contributed by atoms with Gasteiger partial charge in [0.05, 0.1) is 5.56 Å². The summed E-state index contributed by atoms with van der Waals surface area (Å²) in [6.45, 7) is 0. The van der Waals surface area contributed by atoms with E-state index < -0.39 is 35.1 Å². The lowest BCUT2D eigenvalue weighted by atomic mass is 10.0. The highest BCUT2D eigenvalue weighted by molar-refractivity contribution is 5.88. The zero-order chi connectivity index (χ0) is 12.5. The zero-order valence-corrected chi connectivity index (χ0v) is 7.75. The van der Waals surface area contributed by atoms with E-state index in [1.54, 1.807) is 0 Å². The van der Waals surface area contributed by atoms with Crippen LogP contribution in [0.5, 0.6) is 0 Å². The maximum Gasteiger partial charge on any atom is 0.407 e. The highest BCUT2D eigenvalue weighted by Crippen LogP contribution is 2.31. The Morgan fingerprint density at radius 1 is 1.38 bits per heavy atom. The molecule has 0 aromatic heterocycles. The van der Waals surface area contributed by atoms with Crippen LogP contribution < -0.4 is 5.73 Å². The highest BCUT2D eigenvalue weighted by Gasteiger charge is 2.38. The van der Waals surface area contributed by atoms with Gasteiger partial charge in [-0.3, -0.25) is 0 Å². The summed E-state index contributed by atoms with van der Waals surface area (Å²) in [6, 6.07) is -0.300. The molecule has 1 rings (SSSR count). The predicted molar refractivity (Wildman–Crippen MR) is 46.3 cm³/mol. The standard InChI is InChI=1S/C9H7F4NO2/c10-6-2-1-4(3-5(6)8(15)16)7(14)9(11,12)13/h1-3,7H,14H2,(H,15,16)/t7-/m1/s1. The van der Waals surface area contributed by atoms with Gasteiger partial charge in [-0.2, -0.15) is 13.2 Å². The first kappa shape index (κ1) is 12.4. The van der Waals surface area contributed by atoms with Crippen LogP contribution in [0.1, 0.15) is 22.0 Å². The molecule has 7 heteroatoms. The second-order valence-corrected chi connectivity index (χ2v) is 3.06. The van der Waals surface area contributed by atoms with Crippen molar-refractivity contribution < 1.29 is 27.5 Å². The SMILES string of the molecule is N[C@H](c1ccc(F)c(C(=O)O)c1)C(F)(F)F. The molecular formula is C9H7F4NO2. The lowest BCUT2D eigenvalue weighted by Crippen LogP contribution is -2.28. The Morgan fingerprint density at radius 2 is 1.94 bits per heavy atom. The minimum absolute atomic E-state index is 0.494. The Labute approximate surface area is 87.5 Å². The molecule has 0 aliphatic rings. The summed E-state index contributed by atoms with van der Waals surface area (Å²) in [7, 11) is 0. The first-order valence-corrected chi connectivity index (χ1v) is 4.08. The number of halogens is 4.